The number of fused-ring (bicyclic) bond motifs is 1. The van der Waals surface area contributed by atoms with Crippen molar-refractivity contribution in [1.82, 2.24) is 10.3 Å². The molecule has 0 radical (unpaired) electrons. The van der Waals surface area contributed by atoms with E-state index in [1.54, 1.807) is 0 Å². The normalized spacial score (nSPS) is 10.9. The summed E-state index contributed by atoms with van der Waals surface area (Å²) in [6.07, 6.45) is 0. The van der Waals surface area contributed by atoms with Gasteiger partial charge in [0, 0.05) is 0 Å². The molecule has 0 saturated heterocycles. The van der Waals surface area contributed by atoms with Crippen LogP contribution in [0.15, 0.2) is 36.4 Å². The van der Waals surface area contributed by atoms with Gasteiger partial charge in [0.2, 0.25) is 0 Å². The number of amides is 1. The average Bonchev–Trinajstić information content (AvgIpc) is 2.91. The van der Waals surface area contributed by atoms with E-state index in [4.69, 9.17) is 23.2 Å². The Kier molecular flexibility index (Phi) is 4.29. The van der Waals surface area contributed by atoms with Gasteiger partial charge in [-0.1, -0.05) is 35.3 Å². The number of thiazole rings is 1. The highest BCUT2D eigenvalue weighted by Gasteiger charge is 2.14. The zero-order valence-electron chi connectivity index (χ0n) is 11.1. The number of aromatic nitrogens is 1. The summed E-state index contributed by atoms with van der Waals surface area (Å²) in [7, 11) is 0. The van der Waals surface area contributed by atoms with Crippen LogP contribution in [0.5, 0.6) is 0 Å². The molecule has 112 valence electrons. The number of rotatable bonds is 3. The maximum absolute atomic E-state index is 13.4. The topological polar surface area (TPSA) is 42.0 Å². The fourth-order valence-corrected chi connectivity index (χ4v) is 3.32. The molecule has 7 heteroatoms. The zero-order valence-corrected chi connectivity index (χ0v) is 13.4. The summed E-state index contributed by atoms with van der Waals surface area (Å²) >= 11 is 13.0. The van der Waals surface area contributed by atoms with Crippen LogP contribution in [0.1, 0.15) is 15.4 Å². The van der Waals surface area contributed by atoms with Gasteiger partial charge < -0.3 is 5.32 Å². The lowest BCUT2D eigenvalue weighted by atomic mass is 10.2. The second-order valence-electron chi connectivity index (χ2n) is 4.50. The standard InChI is InChI=1S/C15H9Cl2FN2OS/c16-9-6-10(17)11(18)5-8(9)15(21)19-7-14-20-12-3-1-2-4-13(12)22-14/h1-6H,7H2,(H,19,21). The second-order valence-corrected chi connectivity index (χ2v) is 6.43. The van der Waals surface area contributed by atoms with Crippen molar-refractivity contribution in [3.63, 3.8) is 0 Å². The van der Waals surface area contributed by atoms with Crippen LogP contribution < -0.4 is 5.32 Å². The predicted octanol–water partition coefficient (Wildman–Crippen LogP) is 4.67. The van der Waals surface area contributed by atoms with Crippen molar-refractivity contribution < 1.29 is 9.18 Å². The Labute approximate surface area is 139 Å². The molecular weight excluding hydrogens is 346 g/mol. The molecule has 2 aromatic carbocycles. The van der Waals surface area contributed by atoms with E-state index in [0.29, 0.717) is 0 Å². The van der Waals surface area contributed by atoms with E-state index in [1.165, 1.54) is 17.4 Å². The predicted molar refractivity (Wildman–Crippen MR) is 87.2 cm³/mol. The quantitative estimate of drug-likeness (QED) is 0.694. The van der Waals surface area contributed by atoms with Crippen molar-refractivity contribution in [2.45, 2.75) is 6.54 Å². The van der Waals surface area contributed by atoms with Gasteiger partial charge >= 0.3 is 0 Å². The first-order valence-corrected chi connectivity index (χ1v) is 7.89. The van der Waals surface area contributed by atoms with Crippen molar-refractivity contribution in [3.8, 4) is 0 Å². The number of hydrogen-bond acceptors (Lipinski definition) is 3. The fraction of sp³-hybridized carbons (Fsp3) is 0.0667. The van der Waals surface area contributed by atoms with Gasteiger partial charge in [0.15, 0.2) is 0 Å². The molecule has 0 bridgehead atoms. The van der Waals surface area contributed by atoms with Gasteiger partial charge in [0.25, 0.3) is 5.91 Å². The first kappa shape index (κ1) is 15.2. The largest absolute Gasteiger partial charge is 0.345 e. The second kappa shape index (κ2) is 6.20. The maximum atomic E-state index is 13.4. The Hall–Kier alpha value is -1.69. The Balaban J connectivity index is 1.76. The first-order valence-electron chi connectivity index (χ1n) is 6.32. The Morgan fingerprint density at radius 3 is 2.77 bits per heavy atom. The molecule has 0 fully saturated rings. The van der Waals surface area contributed by atoms with Gasteiger partial charge in [-0.15, -0.1) is 11.3 Å². The van der Waals surface area contributed by atoms with Crippen LogP contribution in [0.25, 0.3) is 10.2 Å². The van der Waals surface area contributed by atoms with E-state index in [-0.39, 0.29) is 22.2 Å². The van der Waals surface area contributed by atoms with Gasteiger partial charge in [-0.05, 0) is 24.3 Å². The number of para-hydroxylation sites is 1. The molecule has 0 spiro atoms. The molecule has 1 amide bonds. The van der Waals surface area contributed by atoms with Crippen LogP contribution in [0.2, 0.25) is 10.0 Å². The minimum absolute atomic E-state index is 0.0460. The Morgan fingerprint density at radius 2 is 2.00 bits per heavy atom. The summed E-state index contributed by atoms with van der Waals surface area (Å²) in [4.78, 5) is 16.5. The molecule has 0 aliphatic carbocycles. The van der Waals surface area contributed by atoms with Crippen LogP contribution in [-0.2, 0) is 6.54 Å². The van der Waals surface area contributed by atoms with Crippen LogP contribution in [0.4, 0.5) is 4.39 Å². The van der Waals surface area contributed by atoms with E-state index in [9.17, 15) is 9.18 Å². The summed E-state index contributed by atoms with van der Waals surface area (Å²) in [5.41, 5.74) is 0.928. The van der Waals surface area contributed by atoms with E-state index in [2.05, 4.69) is 10.3 Å². The van der Waals surface area contributed by atoms with E-state index >= 15 is 0 Å². The molecule has 3 rings (SSSR count). The molecule has 0 atom stereocenters. The van der Waals surface area contributed by atoms with Crippen molar-refractivity contribution >= 4 is 50.7 Å². The lowest BCUT2D eigenvalue weighted by Gasteiger charge is -2.06. The van der Waals surface area contributed by atoms with Gasteiger partial charge in [0.05, 0.1) is 32.4 Å². The number of carbonyl (C=O) groups is 1. The van der Waals surface area contributed by atoms with Crippen LogP contribution in [0, 0.1) is 5.82 Å². The van der Waals surface area contributed by atoms with Gasteiger partial charge in [-0.2, -0.15) is 0 Å². The fourth-order valence-electron chi connectivity index (χ4n) is 1.94. The zero-order chi connectivity index (χ0) is 15.7. The molecule has 1 aromatic heterocycles. The molecule has 0 aliphatic heterocycles. The molecule has 1 N–H and O–H groups in total. The molecule has 3 aromatic rings. The Bertz CT molecular complexity index is 833. The number of halogens is 3. The summed E-state index contributed by atoms with van der Waals surface area (Å²) in [5, 5.41) is 3.43. The van der Waals surface area contributed by atoms with Gasteiger partial charge in [-0.3, -0.25) is 4.79 Å². The summed E-state index contributed by atoms with van der Waals surface area (Å²) in [6.45, 7) is 0.249. The number of nitrogens with zero attached hydrogens (tertiary/aromatic N) is 1. The highest BCUT2D eigenvalue weighted by atomic mass is 35.5. The number of hydrogen-bond donors (Lipinski definition) is 1. The Morgan fingerprint density at radius 1 is 1.23 bits per heavy atom. The smallest absolute Gasteiger partial charge is 0.253 e. The summed E-state index contributed by atoms with van der Waals surface area (Å²) < 4.78 is 14.5. The third-order valence-electron chi connectivity index (χ3n) is 2.99. The van der Waals surface area contributed by atoms with Crippen molar-refractivity contribution in [3.05, 3.63) is 62.8 Å². The minimum atomic E-state index is -0.684. The number of carbonyl (C=O) groups excluding carboxylic acids is 1. The van der Waals surface area contributed by atoms with Crippen LogP contribution >= 0.6 is 34.5 Å². The van der Waals surface area contributed by atoms with E-state index in [0.717, 1.165) is 21.3 Å². The number of nitrogens with one attached hydrogen (secondary N) is 1. The molecule has 0 saturated carbocycles. The third kappa shape index (κ3) is 3.06. The van der Waals surface area contributed by atoms with Crippen molar-refractivity contribution in [1.29, 1.82) is 0 Å². The molecule has 3 nitrogen and oxygen atoms in total. The number of benzene rings is 2. The molecular formula is C15H9Cl2FN2OS. The van der Waals surface area contributed by atoms with E-state index in [1.807, 2.05) is 24.3 Å². The highest BCUT2D eigenvalue weighted by molar-refractivity contribution is 7.18. The highest BCUT2D eigenvalue weighted by Crippen LogP contribution is 2.25. The molecule has 0 aliphatic rings. The van der Waals surface area contributed by atoms with Gasteiger partial charge in [0.1, 0.15) is 10.8 Å². The lowest BCUT2D eigenvalue weighted by Crippen LogP contribution is -2.23. The van der Waals surface area contributed by atoms with Gasteiger partial charge in [-0.25, -0.2) is 9.37 Å². The molecule has 1 heterocycles. The lowest BCUT2D eigenvalue weighted by molar-refractivity contribution is 0.0950. The monoisotopic (exact) mass is 354 g/mol. The SMILES string of the molecule is O=C(NCc1nc2ccccc2s1)c1cc(F)c(Cl)cc1Cl. The maximum Gasteiger partial charge on any atom is 0.253 e. The molecule has 0 unspecified atom stereocenters. The van der Waals surface area contributed by atoms with Crippen LogP contribution in [0.3, 0.4) is 0 Å². The first-order chi connectivity index (χ1) is 10.5. The molecule has 22 heavy (non-hydrogen) atoms. The minimum Gasteiger partial charge on any atom is -0.345 e. The average molecular weight is 355 g/mol. The third-order valence-corrected chi connectivity index (χ3v) is 4.63. The van der Waals surface area contributed by atoms with Crippen LogP contribution in [-0.4, -0.2) is 10.9 Å². The van der Waals surface area contributed by atoms with Crippen molar-refractivity contribution in [2.24, 2.45) is 0 Å². The van der Waals surface area contributed by atoms with E-state index < -0.39 is 11.7 Å². The van der Waals surface area contributed by atoms with Crippen molar-refractivity contribution in [2.75, 3.05) is 0 Å². The summed E-state index contributed by atoms with van der Waals surface area (Å²) in [6, 6.07) is 9.94. The summed E-state index contributed by atoms with van der Waals surface area (Å²) in [5.74, 6) is -1.16.